The summed E-state index contributed by atoms with van der Waals surface area (Å²) in [6.07, 6.45) is 1.89. The molecule has 0 aliphatic heterocycles. The molecule has 0 aromatic heterocycles. The Hall–Kier alpha value is -0.620. The van der Waals surface area contributed by atoms with Gasteiger partial charge in [0.2, 0.25) is 15.9 Å². The maximum absolute atomic E-state index is 11.5. The van der Waals surface area contributed by atoms with E-state index in [9.17, 15) is 13.2 Å². The molecule has 0 rings (SSSR count). The van der Waals surface area contributed by atoms with Crippen LogP contribution in [0.3, 0.4) is 0 Å². The lowest BCUT2D eigenvalue weighted by atomic mass is 10.1. The van der Waals surface area contributed by atoms with Crippen LogP contribution in [0.25, 0.3) is 0 Å². The van der Waals surface area contributed by atoms with Gasteiger partial charge in [0.15, 0.2) is 0 Å². The first-order valence-corrected chi connectivity index (χ1v) is 7.72. The summed E-state index contributed by atoms with van der Waals surface area (Å²) in [5, 5.41) is 2.69. The molecule has 0 atom stereocenters. The lowest BCUT2D eigenvalue weighted by Crippen LogP contribution is -2.42. The highest BCUT2D eigenvalue weighted by atomic mass is 32.2. The van der Waals surface area contributed by atoms with E-state index < -0.39 is 10.0 Å². The average molecular weight is 264 g/mol. The summed E-state index contributed by atoms with van der Waals surface area (Å²) >= 11 is 0. The molecular weight excluding hydrogens is 240 g/mol. The zero-order chi connectivity index (χ0) is 13.6. The molecule has 0 fully saturated rings. The predicted molar refractivity (Wildman–Crippen MR) is 69.2 cm³/mol. The predicted octanol–water partition coefficient (Wildman–Crippen LogP) is 0.819. The Balaban J connectivity index is 4.45. The van der Waals surface area contributed by atoms with Gasteiger partial charge in [-0.25, -0.2) is 8.42 Å². The highest BCUT2D eigenvalue weighted by molar-refractivity contribution is 7.88. The lowest BCUT2D eigenvalue weighted by molar-refractivity contribution is -0.121. The number of amides is 1. The molecule has 6 heteroatoms. The third-order valence-corrected chi connectivity index (χ3v) is 3.44. The van der Waals surface area contributed by atoms with Crippen molar-refractivity contribution in [2.75, 3.05) is 19.3 Å². The van der Waals surface area contributed by atoms with Crippen molar-refractivity contribution in [2.45, 2.75) is 40.2 Å². The van der Waals surface area contributed by atoms with Gasteiger partial charge in [0, 0.05) is 12.6 Å². The Morgan fingerprint density at radius 3 is 2.12 bits per heavy atom. The van der Waals surface area contributed by atoms with E-state index in [2.05, 4.69) is 5.32 Å². The van der Waals surface area contributed by atoms with Gasteiger partial charge in [-0.3, -0.25) is 4.79 Å². The first-order chi connectivity index (χ1) is 7.62. The van der Waals surface area contributed by atoms with Crippen molar-refractivity contribution in [1.29, 1.82) is 0 Å². The molecule has 1 amide bonds. The number of sulfonamides is 1. The van der Waals surface area contributed by atoms with Gasteiger partial charge in [-0.05, 0) is 26.2 Å². The molecular formula is C11H24N2O3S. The minimum absolute atomic E-state index is 0.0222. The number of nitrogens with one attached hydrogen (secondary N) is 1. The molecule has 1 N–H and O–H groups in total. The molecule has 0 saturated carbocycles. The Labute approximate surface area is 105 Å². The van der Waals surface area contributed by atoms with E-state index in [1.807, 2.05) is 27.7 Å². The fraction of sp³-hybridized carbons (Fsp3) is 0.909. The molecule has 0 radical (unpaired) electrons. The van der Waals surface area contributed by atoms with Crippen molar-refractivity contribution < 1.29 is 13.2 Å². The Morgan fingerprint density at radius 2 is 1.76 bits per heavy atom. The molecule has 0 aliphatic carbocycles. The van der Waals surface area contributed by atoms with Crippen LogP contribution in [-0.4, -0.2) is 44.0 Å². The van der Waals surface area contributed by atoms with Crippen LogP contribution in [0.2, 0.25) is 0 Å². The van der Waals surface area contributed by atoms with Gasteiger partial charge in [-0.2, -0.15) is 4.31 Å². The standard InChI is InChI=1S/C11H24N2O3S/c1-9(2)6-7-13(17(5,15)16)8-11(14)12-10(3)4/h9-10H,6-8H2,1-5H3,(H,12,14). The number of hydrogen-bond acceptors (Lipinski definition) is 3. The van der Waals surface area contributed by atoms with Gasteiger partial charge in [0.05, 0.1) is 12.8 Å². The molecule has 5 nitrogen and oxygen atoms in total. The largest absolute Gasteiger partial charge is 0.353 e. The van der Waals surface area contributed by atoms with Crippen molar-refractivity contribution >= 4 is 15.9 Å². The van der Waals surface area contributed by atoms with Gasteiger partial charge in [-0.1, -0.05) is 13.8 Å². The van der Waals surface area contributed by atoms with Crippen LogP contribution in [-0.2, 0) is 14.8 Å². The van der Waals surface area contributed by atoms with Gasteiger partial charge in [0.1, 0.15) is 0 Å². The fourth-order valence-electron chi connectivity index (χ4n) is 1.29. The highest BCUT2D eigenvalue weighted by Crippen LogP contribution is 2.05. The van der Waals surface area contributed by atoms with Crippen LogP contribution in [0.5, 0.6) is 0 Å². The Morgan fingerprint density at radius 1 is 1.24 bits per heavy atom. The van der Waals surface area contributed by atoms with Crippen molar-refractivity contribution in [3.63, 3.8) is 0 Å². The number of carbonyl (C=O) groups is 1. The van der Waals surface area contributed by atoms with Crippen molar-refractivity contribution in [2.24, 2.45) is 5.92 Å². The molecule has 0 saturated heterocycles. The molecule has 0 unspecified atom stereocenters. The topological polar surface area (TPSA) is 66.5 Å². The summed E-state index contributed by atoms with van der Waals surface area (Å²) in [4.78, 5) is 11.5. The summed E-state index contributed by atoms with van der Waals surface area (Å²) in [6, 6.07) is 0.0222. The van der Waals surface area contributed by atoms with Gasteiger partial charge in [-0.15, -0.1) is 0 Å². The molecule has 0 spiro atoms. The van der Waals surface area contributed by atoms with E-state index in [-0.39, 0.29) is 18.5 Å². The van der Waals surface area contributed by atoms with Crippen LogP contribution in [0.1, 0.15) is 34.1 Å². The second kappa shape index (κ2) is 6.96. The summed E-state index contributed by atoms with van der Waals surface area (Å²) in [5.41, 5.74) is 0. The van der Waals surface area contributed by atoms with Gasteiger partial charge < -0.3 is 5.32 Å². The van der Waals surface area contributed by atoms with E-state index in [1.165, 1.54) is 4.31 Å². The molecule has 17 heavy (non-hydrogen) atoms. The van der Waals surface area contributed by atoms with Crippen molar-refractivity contribution in [1.82, 2.24) is 9.62 Å². The van der Waals surface area contributed by atoms with Crippen LogP contribution >= 0.6 is 0 Å². The van der Waals surface area contributed by atoms with Crippen LogP contribution in [0, 0.1) is 5.92 Å². The lowest BCUT2D eigenvalue weighted by Gasteiger charge is -2.21. The zero-order valence-corrected chi connectivity index (χ0v) is 12.2. The zero-order valence-electron chi connectivity index (χ0n) is 11.4. The minimum atomic E-state index is -3.32. The highest BCUT2D eigenvalue weighted by Gasteiger charge is 2.20. The molecule has 0 aromatic carbocycles. The van der Waals surface area contributed by atoms with E-state index in [0.29, 0.717) is 12.5 Å². The van der Waals surface area contributed by atoms with E-state index in [1.54, 1.807) is 0 Å². The van der Waals surface area contributed by atoms with Gasteiger partial charge in [0.25, 0.3) is 0 Å². The third-order valence-electron chi connectivity index (χ3n) is 2.19. The maximum atomic E-state index is 11.5. The van der Waals surface area contributed by atoms with Crippen LogP contribution < -0.4 is 5.32 Å². The molecule has 0 bridgehead atoms. The number of nitrogens with zero attached hydrogens (tertiary/aromatic N) is 1. The van der Waals surface area contributed by atoms with Crippen molar-refractivity contribution in [3.05, 3.63) is 0 Å². The summed E-state index contributed by atoms with van der Waals surface area (Å²) < 4.78 is 24.2. The average Bonchev–Trinajstić information content (AvgIpc) is 2.08. The SMILES string of the molecule is CC(C)CCN(CC(=O)NC(C)C)S(C)(=O)=O. The van der Waals surface area contributed by atoms with Gasteiger partial charge >= 0.3 is 0 Å². The van der Waals surface area contributed by atoms with Crippen LogP contribution in [0.4, 0.5) is 0 Å². The second-order valence-corrected chi connectivity index (χ2v) is 6.98. The quantitative estimate of drug-likeness (QED) is 0.740. The number of rotatable bonds is 7. The number of carbonyl (C=O) groups excluding carboxylic acids is 1. The summed E-state index contributed by atoms with van der Waals surface area (Å²) in [5.74, 6) is 0.154. The first kappa shape index (κ1) is 16.4. The molecule has 102 valence electrons. The smallest absolute Gasteiger partial charge is 0.235 e. The fourth-order valence-corrected chi connectivity index (χ4v) is 2.08. The molecule has 0 heterocycles. The third kappa shape index (κ3) is 8.15. The maximum Gasteiger partial charge on any atom is 0.235 e. The Kier molecular flexibility index (Phi) is 6.70. The molecule has 0 aromatic rings. The minimum Gasteiger partial charge on any atom is -0.353 e. The van der Waals surface area contributed by atoms with E-state index in [4.69, 9.17) is 0 Å². The summed E-state index contributed by atoms with van der Waals surface area (Å²) in [6.45, 7) is 8.03. The molecule has 0 aliphatic rings. The number of hydrogen-bond donors (Lipinski definition) is 1. The Bertz CT molecular complexity index is 337. The van der Waals surface area contributed by atoms with E-state index >= 15 is 0 Å². The normalized spacial score (nSPS) is 12.5. The van der Waals surface area contributed by atoms with Crippen molar-refractivity contribution in [3.8, 4) is 0 Å². The van der Waals surface area contributed by atoms with Crippen LogP contribution in [0.15, 0.2) is 0 Å². The monoisotopic (exact) mass is 264 g/mol. The summed E-state index contributed by atoms with van der Waals surface area (Å²) in [7, 11) is -3.32. The second-order valence-electron chi connectivity index (χ2n) is 5.00. The first-order valence-electron chi connectivity index (χ1n) is 5.87. The van der Waals surface area contributed by atoms with E-state index in [0.717, 1.165) is 12.7 Å².